The number of hydrogen-bond donors (Lipinski definition) is 0. The molecule has 3 heterocycles. The van der Waals surface area contributed by atoms with Gasteiger partial charge in [-0.05, 0) is 29.1 Å². The minimum atomic E-state index is 0. The third-order valence-corrected chi connectivity index (χ3v) is 6.18. The Morgan fingerprint density at radius 1 is 0.844 bits per heavy atom. The minimum absolute atomic E-state index is 0. The molecule has 2 aliphatic rings. The quantitative estimate of drug-likeness (QED) is 0.167. The Bertz CT molecular complexity index is 1500. The first-order chi connectivity index (χ1) is 15.3. The van der Waals surface area contributed by atoms with Crippen molar-refractivity contribution in [1.82, 2.24) is 4.57 Å². The second-order valence-corrected chi connectivity index (χ2v) is 7.94. The maximum atomic E-state index is 6.58. The van der Waals surface area contributed by atoms with Crippen LogP contribution in [0.5, 0.6) is 23.0 Å². The third-order valence-electron chi connectivity index (χ3n) is 6.18. The zero-order valence-electron chi connectivity index (χ0n) is 17.1. The summed E-state index contributed by atoms with van der Waals surface area (Å²) >= 11 is 0. The predicted molar refractivity (Wildman–Crippen MR) is 120 cm³/mol. The SMILES string of the molecule is C[n+]1[c-]n(-c2[c-]cccc2)c2c3c4c(cc21)Oc1ccccc1B4c1ccccc1O3.[Ir]. The summed E-state index contributed by atoms with van der Waals surface area (Å²) in [6.45, 7) is 0.0534. The molecule has 1 aromatic heterocycles. The Labute approximate surface area is 199 Å². The molecule has 0 unspecified atom stereocenters. The summed E-state index contributed by atoms with van der Waals surface area (Å²) in [5, 5.41) is 0. The van der Waals surface area contributed by atoms with Crippen LogP contribution in [0.3, 0.4) is 0 Å². The molecule has 0 bridgehead atoms. The standard InChI is InChI=1S/C26H16BN2O2.Ir/c1-28-16-29(17-9-3-2-4-10-17)25-20(28)15-23-24-26(25)31-22-14-8-6-12-19(22)27(24)18-11-5-7-13-21(18)30-23;/h2-9,11-15H,1H3;/q-1;. The largest absolute Gasteiger partial charge is 0.464 e. The molecule has 2 aliphatic heterocycles. The zero-order valence-corrected chi connectivity index (χ0v) is 19.5. The summed E-state index contributed by atoms with van der Waals surface area (Å²) in [7, 11) is 1.99. The van der Waals surface area contributed by atoms with Crippen molar-refractivity contribution >= 4 is 34.1 Å². The molecule has 0 N–H and O–H groups in total. The number of nitrogens with zero attached hydrogens (tertiary/aromatic N) is 2. The summed E-state index contributed by atoms with van der Waals surface area (Å²) in [5.74, 6) is 3.42. The molecule has 0 saturated heterocycles. The van der Waals surface area contributed by atoms with E-state index in [1.807, 2.05) is 64.7 Å². The van der Waals surface area contributed by atoms with Crippen LogP contribution in [0, 0.1) is 12.4 Å². The molecular weight excluding hydrogens is 575 g/mol. The smallest absolute Gasteiger partial charge is 0.259 e. The number of ether oxygens (including phenoxy) is 2. The number of para-hydroxylation sites is 3. The fourth-order valence-corrected chi connectivity index (χ4v) is 4.84. The van der Waals surface area contributed by atoms with E-state index in [1.54, 1.807) is 0 Å². The fourth-order valence-electron chi connectivity index (χ4n) is 4.84. The van der Waals surface area contributed by atoms with Crippen molar-refractivity contribution in [3.05, 3.63) is 91.3 Å². The third kappa shape index (κ3) is 2.57. The molecule has 0 fully saturated rings. The van der Waals surface area contributed by atoms with Crippen molar-refractivity contribution in [1.29, 1.82) is 0 Å². The summed E-state index contributed by atoms with van der Waals surface area (Å²) in [4.78, 5) is 0. The van der Waals surface area contributed by atoms with Crippen molar-refractivity contribution in [2.45, 2.75) is 0 Å². The van der Waals surface area contributed by atoms with Crippen molar-refractivity contribution < 1.29 is 34.1 Å². The fraction of sp³-hybridized carbons (Fsp3) is 0.0385. The topological polar surface area (TPSA) is 27.3 Å². The first-order valence-corrected chi connectivity index (χ1v) is 10.3. The van der Waals surface area contributed by atoms with Gasteiger partial charge in [0, 0.05) is 25.6 Å². The van der Waals surface area contributed by atoms with E-state index in [9.17, 15) is 0 Å². The first kappa shape index (κ1) is 19.4. The number of aromatic nitrogens is 2. The van der Waals surface area contributed by atoms with Gasteiger partial charge in [0.05, 0.1) is 18.1 Å². The molecule has 5 aromatic rings. The molecule has 32 heavy (non-hydrogen) atoms. The molecular formula is C26H16BIrN2O2-. The number of rotatable bonds is 1. The monoisotopic (exact) mass is 592 g/mol. The predicted octanol–water partition coefficient (Wildman–Crippen LogP) is 2.78. The molecule has 6 heteroatoms. The van der Waals surface area contributed by atoms with Crippen LogP contribution >= 0.6 is 0 Å². The maximum Gasteiger partial charge on any atom is 0.259 e. The summed E-state index contributed by atoms with van der Waals surface area (Å²) in [5.41, 5.74) is 6.25. The molecule has 0 spiro atoms. The molecule has 0 saturated carbocycles. The van der Waals surface area contributed by atoms with Gasteiger partial charge in [0.15, 0.2) is 0 Å². The van der Waals surface area contributed by atoms with Gasteiger partial charge >= 0.3 is 0 Å². The van der Waals surface area contributed by atoms with E-state index in [1.165, 1.54) is 0 Å². The Hall–Kier alpha value is -3.34. The van der Waals surface area contributed by atoms with E-state index >= 15 is 0 Å². The van der Waals surface area contributed by atoms with Gasteiger partial charge in [-0.3, -0.25) is 0 Å². The second kappa shape index (κ2) is 7.09. The minimum Gasteiger partial charge on any atom is -0.464 e. The Balaban J connectivity index is 0.00000196. The van der Waals surface area contributed by atoms with Gasteiger partial charge in [0.1, 0.15) is 23.0 Å². The van der Waals surface area contributed by atoms with Gasteiger partial charge in [-0.2, -0.15) is 30.3 Å². The molecule has 0 atom stereocenters. The van der Waals surface area contributed by atoms with E-state index in [0.29, 0.717) is 0 Å². The van der Waals surface area contributed by atoms with E-state index < -0.39 is 0 Å². The Morgan fingerprint density at radius 3 is 2.25 bits per heavy atom. The molecule has 4 nitrogen and oxygen atoms in total. The van der Waals surface area contributed by atoms with E-state index in [0.717, 1.165) is 56.1 Å². The summed E-state index contributed by atoms with van der Waals surface area (Å²) in [6.07, 6.45) is 3.42. The molecule has 1 radical (unpaired) electrons. The van der Waals surface area contributed by atoms with Gasteiger partial charge in [0.25, 0.3) is 6.71 Å². The first-order valence-electron chi connectivity index (χ1n) is 10.3. The second-order valence-electron chi connectivity index (χ2n) is 7.94. The van der Waals surface area contributed by atoms with Crippen LogP contribution < -0.4 is 30.4 Å². The van der Waals surface area contributed by atoms with Gasteiger partial charge in [0.2, 0.25) is 6.33 Å². The van der Waals surface area contributed by atoms with Gasteiger partial charge < -0.3 is 18.6 Å². The molecule has 7 rings (SSSR count). The van der Waals surface area contributed by atoms with Crippen molar-refractivity contribution in [2.75, 3.05) is 0 Å². The van der Waals surface area contributed by atoms with Crippen LogP contribution in [-0.4, -0.2) is 11.3 Å². The molecule has 0 aliphatic carbocycles. The number of aryl methyl sites for hydroxylation is 1. The van der Waals surface area contributed by atoms with Crippen LogP contribution in [0.25, 0.3) is 16.7 Å². The summed E-state index contributed by atoms with van der Waals surface area (Å²) < 4.78 is 17.0. The Morgan fingerprint density at radius 2 is 1.53 bits per heavy atom. The van der Waals surface area contributed by atoms with Gasteiger partial charge in [-0.25, -0.2) is 0 Å². The van der Waals surface area contributed by atoms with Gasteiger partial charge in [-0.1, -0.05) is 42.1 Å². The van der Waals surface area contributed by atoms with E-state index in [-0.39, 0.29) is 26.8 Å². The van der Waals surface area contributed by atoms with Crippen molar-refractivity contribution in [2.24, 2.45) is 7.05 Å². The summed E-state index contributed by atoms with van der Waals surface area (Å²) in [6, 6.07) is 29.9. The van der Waals surface area contributed by atoms with E-state index in [2.05, 4.69) is 42.7 Å². The van der Waals surface area contributed by atoms with Crippen molar-refractivity contribution in [3.8, 4) is 28.7 Å². The van der Waals surface area contributed by atoms with E-state index in [4.69, 9.17) is 9.47 Å². The van der Waals surface area contributed by atoms with Crippen LogP contribution in [0.4, 0.5) is 0 Å². The maximum absolute atomic E-state index is 6.58. The van der Waals surface area contributed by atoms with Gasteiger partial charge in [-0.15, -0.1) is 0 Å². The Kier molecular flexibility index (Phi) is 4.29. The average Bonchev–Trinajstić information content (AvgIpc) is 3.16. The number of fused-ring (bicyclic) bond motifs is 6. The number of imidazole rings is 1. The van der Waals surface area contributed by atoms with Crippen molar-refractivity contribution in [3.63, 3.8) is 0 Å². The molecule has 0 amide bonds. The number of benzene rings is 4. The average molecular weight is 591 g/mol. The zero-order chi connectivity index (χ0) is 20.5. The van der Waals surface area contributed by atoms with Crippen LogP contribution in [0.15, 0.2) is 78.9 Å². The van der Waals surface area contributed by atoms with Crippen LogP contribution in [0.1, 0.15) is 0 Å². The molecule has 4 aromatic carbocycles. The molecule has 155 valence electrons. The number of hydrogen-bond acceptors (Lipinski definition) is 2. The van der Waals surface area contributed by atoms with Crippen LogP contribution in [0.2, 0.25) is 0 Å². The van der Waals surface area contributed by atoms with Crippen LogP contribution in [-0.2, 0) is 27.2 Å². The normalized spacial score (nSPS) is 12.7.